The molecule has 0 N–H and O–H groups in total. The number of fused-ring (bicyclic) bond motifs is 1. The number of aromatic nitrogens is 1. The van der Waals surface area contributed by atoms with Gasteiger partial charge in [0.2, 0.25) is 0 Å². The number of pyridine rings is 1. The summed E-state index contributed by atoms with van der Waals surface area (Å²) in [4.78, 5) is 17.9. The van der Waals surface area contributed by atoms with Gasteiger partial charge in [-0.15, -0.1) is 0 Å². The van der Waals surface area contributed by atoms with E-state index < -0.39 is 0 Å². The van der Waals surface area contributed by atoms with Crippen molar-refractivity contribution in [2.45, 2.75) is 46.5 Å². The van der Waals surface area contributed by atoms with Crippen molar-refractivity contribution in [2.24, 2.45) is 5.92 Å². The molecule has 1 atom stereocenters. The first-order chi connectivity index (χ1) is 12.7. The van der Waals surface area contributed by atoms with Crippen molar-refractivity contribution in [3.05, 3.63) is 77.2 Å². The van der Waals surface area contributed by atoms with Gasteiger partial charge in [-0.25, -0.2) is 0 Å². The molecule has 0 bridgehead atoms. The molecule has 2 aliphatic carbocycles. The molecule has 1 aromatic heterocycles. The minimum atomic E-state index is 0.182. The number of hydrogen-bond acceptors (Lipinski definition) is 2. The van der Waals surface area contributed by atoms with Crippen LogP contribution in [0.25, 0.3) is 11.1 Å². The van der Waals surface area contributed by atoms with Crippen LogP contribution in [0.3, 0.4) is 0 Å². The van der Waals surface area contributed by atoms with Crippen molar-refractivity contribution in [1.82, 2.24) is 4.98 Å². The Bertz CT molecular complexity index is 846. The van der Waals surface area contributed by atoms with Crippen molar-refractivity contribution < 1.29 is 4.79 Å². The van der Waals surface area contributed by atoms with Crippen LogP contribution in [0.4, 0.5) is 0 Å². The molecule has 2 nitrogen and oxygen atoms in total. The molecule has 0 saturated heterocycles. The molecule has 2 aliphatic rings. The standard InChI is InChI=1S/C22H21NO.C2H6/c1-15-7-5-6-10-19-18(15)11-12-21-20(22(19)24)13-17(14-23-21)16-8-3-2-4-9-16;1-2/h2-6,8-9,13-15H,7,10-12H2,1H3;1-2H3. The molecule has 4 rings (SSSR count). The van der Waals surface area contributed by atoms with Crippen LogP contribution in [0.5, 0.6) is 0 Å². The molecule has 0 spiro atoms. The highest BCUT2D eigenvalue weighted by molar-refractivity contribution is 6.11. The van der Waals surface area contributed by atoms with Crippen molar-refractivity contribution in [3.63, 3.8) is 0 Å². The first kappa shape index (κ1) is 18.3. The minimum absolute atomic E-state index is 0.182. The summed E-state index contributed by atoms with van der Waals surface area (Å²) >= 11 is 0. The van der Waals surface area contributed by atoms with E-state index in [4.69, 9.17) is 0 Å². The zero-order chi connectivity index (χ0) is 18.5. The lowest BCUT2D eigenvalue weighted by Crippen LogP contribution is -2.09. The minimum Gasteiger partial charge on any atom is -0.289 e. The van der Waals surface area contributed by atoms with Crippen LogP contribution in [-0.2, 0) is 6.42 Å². The second kappa shape index (κ2) is 8.27. The SMILES string of the molecule is CC.CC1CC=CCC2=C1CCc1ncc(-c3ccccc3)cc1C2=O. The van der Waals surface area contributed by atoms with E-state index in [0.29, 0.717) is 5.92 Å². The van der Waals surface area contributed by atoms with E-state index in [1.807, 2.05) is 44.3 Å². The van der Waals surface area contributed by atoms with Gasteiger partial charge in [0.05, 0.1) is 5.69 Å². The largest absolute Gasteiger partial charge is 0.289 e. The highest BCUT2D eigenvalue weighted by Crippen LogP contribution is 2.35. The Balaban J connectivity index is 0.000000948. The van der Waals surface area contributed by atoms with Crippen molar-refractivity contribution in [2.75, 3.05) is 0 Å². The Kier molecular flexibility index (Phi) is 5.82. The Morgan fingerprint density at radius 2 is 1.77 bits per heavy atom. The van der Waals surface area contributed by atoms with Gasteiger partial charge in [0.15, 0.2) is 5.78 Å². The number of Topliss-reactive ketones (excluding diaryl/α,β-unsaturated/α-hetero) is 1. The van der Waals surface area contributed by atoms with E-state index in [1.54, 1.807) is 0 Å². The van der Waals surface area contributed by atoms with Crippen molar-refractivity contribution in [3.8, 4) is 11.1 Å². The molecule has 2 heteroatoms. The van der Waals surface area contributed by atoms with Crippen LogP contribution in [0.2, 0.25) is 0 Å². The smallest absolute Gasteiger partial charge is 0.191 e. The van der Waals surface area contributed by atoms with Gasteiger partial charge in [-0.1, -0.05) is 68.8 Å². The molecule has 26 heavy (non-hydrogen) atoms. The van der Waals surface area contributed by atoms with Crippen LogP contribution in [0.1, 0.15) is 56.1 Å². The molecule has 0 radical (unpaired) electrons. The predicted molar refractivity (Wildman–Crippen MR) is 108 cm³/mol. The molecule has 1 aromatic carbocycles. The lowest BCUT2D eigenvalue weighted by Gasteiger charge is -2.14. The Morgan fingerprint density at radius 1 is 1.00 bits per heavy atom. The molecule has 1 heterocycles. The Labute approximate surface area is 156 Å². The first-order valence-electron chi connectivity index (χ1n) is 9.70. The Morgan fingerprint density at radius 3 is 2.54 bits per heavy atom. The zero-order valence-corrected chi connectivity index (χ0v) is 16.0. The normalized spacial score (nSPS) is 18.9. The van der Waals surface area contributed by atoms with Crippen molar-refractivity contribution in [1.29, 1.82) is 0 Å². The van der Waals surface area contributed by atoms with Gasteiger partial charge in [-0.2, -0.15) is 0 Å². The van der Waals surface area contributed by atoms with Gasteiger partial charge >= 0.3 is 0 Å². The summed E-state index contributed by atoms with van der Waals surface area (Å²) in [5, 5.41) is 0. The summed E-state index contributed by atoms with van der Waals surface area (Å²) in [6, 6.07) is 12.2. The maximum Gasteiger partial charge on any atom is 0.191 e. The van der Waals surface area contributed by atoms with Crippen LogP contribution in [-0.4, -0.2) is 10.8 Å². The molecule has 1 unspecified atom stereocenters. The molecular formula is C24H27NO. The molecular weight excluding hydrogens is 318 g/mol. The van der Waals surface area contributed by atoms with E-state index in [2.05, 4.69) is 36.2 Å². The molecule has 0 amide bonds. The average molecular weight is 345 g/mol. The molecule has 0 fully saturated rings. The lowest BCUT2D eigenvalue weighted by atomic mass is 9.89. The number of ketones is 1. The fourth-order valence-corrected chi connectivity index (χ4v) is 3.80. The number of nitrogens with zero attached hydrogens (tertiary/aromatic N) is 1. The fraction of sp³-hybridized carbons (Fsp3) is 0.333. The molecule has 134 valence electrons. The van der Waals surface area contributed by atoms with E-state index in [1.165, 1.54) is 5.57 Å². The zero-order valence-electron chi connectivity index (χ0n) is 16.0. The quantitative estimate of drug-likeness (QED) is 0.577. The third kappa shape index (κ3) is 3.55. The maximum atomic E-state index is 13.2. The summed E-state index contributed by atoms with van der Waals surface area (Å²) in [6.45, 7) is 6.23. The summed E-state index contributed by atoms with van der Waals surface area (Å²) < 4.78 is 0. The van der Waals surface area contributed by atoms with Gasteiger partial charge in [0, 0.05) is 22.9 Å². The second-order valence-electron chi connectivity index (χ2n) is 6.73. The number of carbonyl (C=O) groups excluding carboxylic acids is 1. The topological polar surface area (TPSA) is 30.0 Å². The first-order valence-corrected chi connectivity index (χ1v) is 9.70. The predicted octanol–water partition coefficient (Wildman–Crippen LogP) is 6.19. The number of hydrogen-bond donors (Lipinski definition) is 0. The molecule has 2 aromatic rings. The second-order valence-corrected chi connectivity index (χ2v) is 6.73. The summed E-state index contributed by atoms with van der Waals surface area (Å²) in [5.74, 6) is 0.631. The van der Waals surface area contributed by atoms with Gasteiger partial charge in [-0.3, -0.25) is 9.78 Å². The fourth-order valence-electron chi connectivity index (χ4n) is 3.80. The summed E-state index contributed by atoms with van der Waals surface area (Å²) in [6.07, 6.45) is 9.87. The van der Waals surface area contributed by atoms with Gasteiger partial charge in [-0.05, 0) is 43.2 Å². The highest BCUT2D eigenvalue weighted by atomic mass is 16.1. The number of benzene rings is 1. The van der Waals surface area contributed by atoms with E-state index in [-0.39, 0.29) is 5.78 Å². The van der Waals surface area contributed by atoms with Crippen LogP contribution >= 0.6 is 0 Å². The number of carbonyl (C=O) groups is 1. The maximum absolute atomic E-state index is 13.2. The Hall–Kier alpha value is -2.48. The van der Waals surface area contributed by atoms with E-state index >= 15 is 0 Å². The van der Waals surface area contributed by atoms with Crippen LogP contribution in [0, 0.1) is 5.92 Å². The highest BCUT2D eigenvalue weighted by Gasteiger charge is 2.27. The lowest BCUT2D eigenvalue weighted by molar-refractivity contribution is 0.103. The van der Waals surface area contributed by atoms with Gasteiger partial charge in [0.25, 0.3) is 0 Å². The third-order valence-electron chi connectivity index (χ3n) is 5.19. The van der Waals surface area contributed by atoms with E-state index in [9.17, 15) is 4.79 Å². The number of rotatable bonds is 1. The van der Waals surface area contributed by atoms with E-state index in [0.717, 1.165) is 53.6 Å². The monoisotopic (exact) mass is 345 g/mol. The summed E-state index contributed by atoms with van der Waals surface area (Å²) in [5.41, 5.74) is 6.20. The van der Waals surface area contributed by atoms with Crippen LogP contribution < -0.4 is 0 Å². The summed E-state index contributed by atoms with van der Waals surface area (Å²) in [7, 11) is 0. The third-order valence-corrected chi connectivity index (χ3v) is 5.19. The van der Waals surface area contributed by atoms with Crippen molar-refractivity contribution >= 4 is 5.78 Å². The van der Waals surface area contributed by atoms with Gasteiger partial charge < -0.3 is 0 Å². The molecule has 0 saturated carbocycles. The van der Waals surface area contributed by atoms with Crippen LogP contribution in [0.15, 0.2) is 65.9 Å². The van der Waals surface area contributed by atoms with Gasteiger partial charge in [0.1, 0.15) is 0 Å². The molecule has 0 aliphatic heterocycles. The number of aryl methyl sites for hydroxylation is 1. The average Bonchev–Trinajstić information content (AvgIpc) is 2.97. The number of allylic oxidation sites excluding steroid dienone is 4.